The van der Waals surface area contributed by atoms with Crippen molar-refractivity contribution >= 4 is 6.03 Å². The molecule has 0 aliphatic carbocycles. The Labute approximate surface area is 157 Å². The van der Waals surface area contributed by atoms with Crippen LogP contribution in [0.3, 0.4) is 0 Å². The van der Waals surface area contributed by atoms with Gasteiger partial charge in [-0.15, -0.1) is 0 Å². The number of carbonyl (C=O) groups excluding carboxylic acids is 1. The lowest BCUT2D eigenvalue weighted by atomic mass is 10.1. The highest BCUT2D eigenvalue weighted by Gasteiger charge is 2.30. The molecule has 5 nitrogen and oxygen atoms in total. The number of carbonyl (C=O) groups is 1. The van der Waals surface area contributed by atoms with Gasteiger partial charge in [0.05, 0.1) is 6.10 Å². The Morgan fingerprint density at radius 1 is 1.19 bits per heavy atom. The van der Waals surface area contributed by atoms with Crippen LogP contribution in [0.25, 0.3) is 0 Å². The predicted octanol–water partition coefficient (Wildman–Crippen LogP) is 3.63. The fourth-order valence-corrected chi connectivity index (χ4v) is 4.01. The molecule has 2 saturated heterocycles. The van der Waals surface area contributed by atoms with Crippen LogP contribution in [-0.2, 0) is 6.54 Å². The highest BCUT2D eigenvalue weighted by atomic mass is 16.5. The van der Waals surface area contributed by atoms with E-state index >= 15 is 0 Å². The number of hydrogen-bond donors (Lipinski definition) is 1. The largest absolute Gasteiger partial charge is 0.491 e. The zero-order valence-electron chi connectivity index (χ0n) is 16.2. The van der Waals surface area contributed by atoms with Crippen molar-refractivity contribution < 1.29 is 9.53 Å². The van der Waals surface area contributed by atoms with E-state index in [1.165, 1.54) is 32.4 Å². The topological polar surface area (TPSA) is 44.8 Å². The molecule has 2 aliphatic heterocycles. The summed E-state index contributed by atoms with van der Waals surface area (Å²) in [6.07, 6.45) is 6.34. The van der Waals surface area contributed by atoms with Crippen LogP contribution in [0.15, 0.2) is 24.3 Å². The lowest BCUT2D eigenvalue weighted by molar-refractivity contribution is 0.153. The number of ether oxygens (including phenoxy) is 1. The average Bonchev–Trinajstić information content (AvgIpc) is 3.08. The molecule has 0 aromatic heterocycles. The third-order valence-corrected chi connectivity index (χ3v) is 5.27. The number of likely N-dealkylation sites (tertiary alicyclic amines) is 2. The Bertz CT molecular complexity index is 584. The van der Waals surface area contributed by atoms with Gasteiger partial charge in [0, 0.05) is 25.7 Å². The summed E-state index contributed by atoms with van der Waals surface area (Å²) in [6.45, 7) is 8.87. The molecule has 3 rings (SSSR count). The van der Waals surface area contributed by atoms with Gasteiger partial charge in [0.25, 0.3) is 0 Å². The van der Waals surface area contributed by atoms with E-state index in [1.807, 2.05) is 43.0 Å². The average molecular weight is 360 g/mol. The minimum Gasteiger partial charge on any atom is -0.491 e. The summed E-state index contributed by atoms with van der Waals surface area (Å²) >= 11 is 0. The maximum Gasteiger partial charge on any atom is 0.317 e. The molecule has 2 aliphatic rings. The second-order valence-electron chi connectivity index (χ2n) is 7.82. The molecule has 26 heavy (non-hydrogen) atoms. The normalized spacial score (nSPS) is 21.2. The molecule has 2 fully saturated rings. The molecule has 0 radical (unpaired) electrons. The summed E-state index contributed by atoms with van der Waals surface area (Å²) < 4.78 is 5.73. The first-order chi connectivity index (χ1) is 12.6. The quantitative estimate of drug-likeness (QED) is 0.843. The standard InChI is InChI=1S/C21H33N3O2/c1-17(2)26-20-10-6-8-18(14-20)15-22-21(25)24-13-7-9-19(24)16-23-11-4-3-5-12-23/h6,8,10,14,17,19H,3-5,7,9,11-13,15-16H2,1-2H3,(H,22,25). The number of piperidine rings is 1. The third kappa shape index (κ3) is 5.37. The molecule has 0 saturated carbocycles. The lowest BCUT2D eigenvalue weighted by Gasteiger charge is -2.33. The monoisotopic (exact) mass is 359 g/mol. The molecule has 5 heteroatoms. The SMILES string of the molecule is CC(C)Oc1cccc(CNC(=O)N2CCCC2CN2CCCCC2)c1. The van der Waals surface area contributed by atoms with Crippen LogP contribution in [0.4, 0.5) is 4.79 Å². The number of benzene rings is 1. The molecule has 1 aromatic carbocycles. The van der Waals surface area contributed by atoms with Crippen LogP contribution in [0, 0.1) is 0 Å². The maximum absolute atomic E-state index is 12.7. The molecule has 144 valence electrons. The van der Waals surface area contributed by atoms with Crippen LogP contribution in [0.5, 0.6) is 5.75 Å². The number of hydrogen-bond acceptors (Lipinski definition) is 3. The van der Waals surface area contributed by atoms with E-state index in [1.54, 1.807) is 0 Å². The van der Waals surface area contributed by atoms with Gasteiger partial charge >= 0.3 is 6.03 Å². The van der Waals surface area contributed by atoms with Gasteiger partial charge < -0.3 is 19.9 Å². The van der Waals surface area contributed by atoms with Gasteiger partial charge in [-0.25, -0.2) is 4.79 Å². The van der Waals surface area contributed by atoms with Crippen molar-refractivity contribution in [1.82, 2.24) is 15.1 Å². The molecular formula is C21H33N3O2. The van der Waals surface area contributed by atoms with Crippen LogP contribution >= 0.6 is 0 Å². The van der Waals surface area contributed by atoms with Crippen molar-refractivity contribution in [2.24, 2.45) is 0 Å². The van der Waals surface area contributed by atoms with E-state index in [2.05, 4.69) is 10.2 Å². The Balaban J connectivity index is 1.50. The molecule has 2 heterocycles. The first kappa shape index (κ1) is 19.0. The fourth-order valence-electron chi connectivity index (χ4n) is 4.01. The number of nitrogens with zero attached hydrogens (tertiary/aromatic N) is 2. The Morgan fingerprint density at radius 3 is 2.77 bits per heavy atom. The number of amides is 2. The minimum absolute atomic E-state index is 0.0692. The summed E-state index contributed by atoms with van der Waals surface area (Å²) in [7, 11) is 0. The summed E-state index contributed by atoms with van der Waals surface area (Å²) in [6, 6.07) is 8.41. The Morgan fingerprint density at radius 2 is 2.00 bits per heavy atom. The number of rotatable bonds is 6. The van der Waals surface area contributed by atoms with E-state index in [-0.39, 0.29) is 12.1 Å². The van der Waals surface area contributed by atoms with Gasteiger partial charge in [-0.1, -0.05) is 18.6 Å². The van der Waals surface area contributed by atoms with Crippen LogP contribution in [0.1, 0.15) is 51.5 Å². The molecule has 1 aromatic rings. The van der Waals surface area contributed by atoms with Gasteiger partial charge in [0.15, 0.2) is 0 Å². The Kier molecular flexibility index (Phi) is 6.78. The predicted molar refractivity (Wildman–Crippen MR) is 104 cm³/mol. The second-order valence-corrected chi connectivity index (χ2v) is 7.82. The van der Waals surface area contributed by atoms with Crippen LogP contribution < -0.4 is 10.1 Å². The van der Waals surface area contributed by atoms with Crippen molar-refractivity contribution in [2.45, 2.75) is 64.6 Å². The van der Waals surface area contributed by atoms with Crippen molar-refractivity contribution in [2.75, 3.05) is 26.2 Å². The van der Waals surface area contributed by atoms with Crippen LogP contribution in [-0.4, -0.2) is 54.2 Å². The zero-order chi connectivity index (χ0) is 18.4. The van der Waals surface area contributed by atoms with E-state index in [9.17, 15) is 4.79 Å². The first-order valence-electron chi connectivity index (χ1n) is 10.1. The molecule has 1 N–H and O–H groups in total. The third-order valence-electron chi connectivity index (χ3n) is 5.27. The smallest absolute Gasteiger partial charge is 0.317 e. The molecule has 0 spiro atoms. The highest BCUT2D eigenvalue weighted by molar-refractivity contribution is 5.74. The van der Waals surface area contributed by atoms with Gasteiger partial charge in [-0.3, -0.25) is 0 Å². The van der Waals surface area contributed by atoms with Crippen molar-refractivity contribution in [3.63, 3.8) is 0 Å². The molecule has 1 atom stereocenters. The summed E-state index contributed by atoms with van der Waals surface area (Å²) in [5.41, 5.74) is 1.07. The lowest BCUT2D eigenvalue weighted by Crippen LogP contribution is -2.48. The van der Waals surface area contributed by atoms with Gasteiger partial charge in [-0.05, 0) is 70.3 Å². The van der Waals surface area contributed by atoms with Crippen molar-refractivity contribution in [1.29, 1.82) is 0 Å². The second kappa shape index (κ2) is 9.26. The van der Waals surface area contributed by atoms with Gasteiger partial charge in [-0.2, -0.15) is 0 Å². The summed E-state index contributed by atoms with van der Waals surface area (Å²) in [5.74, 6) is 0.857. The minimum atomic E-state index is 0.0692. The van der Waals surface area contributed by atoms with Crippen molar-refractivity contribution in [3.8, 4) is 5.75 Å². The summed E-state index contributed by atoms with van der Waals surface area (Å²) in [4.78, 5) is 17.3. The zero-order valence-corrected chi connectivity index (χ0v) is 16.2. The van der Waals surface area contributed by atoms with Crippen LogP contribution in [0.2, 0.25) is 0 Å². The fraction of sp³-hybridized carbons (Fsp3) is 0.667. The first-order valence-corrected chi connectivity index (χ1v) is 10.1. The van der Waals surface area contributed by atoms with E-state index < -0.39 is 0 Å². The van der Waals surface area contributed by atoms with E-state index in [0.29, 0.717) is 12.6 Å². The maximum atomic E-state index is 12.7. The molecular weight excluding hydrogens is 326 g/mol. The van der Waals surface area contributed by atoms with E-state index in [0.717, 1.165) is 37.2 Å². The summed E-state index contributed by atoms with van der Waals surface area (Å²) in [5, 5.41) is 3.10. The highest BCUT2D eigenvalue weighted by Crippen LogP contribution is 2.21. The number of urea groups is 1. The van der Waals surface area contributed by atoms with Gasteiger partial charge in [0.1, 0.15) is 5.75 Å². The Hall–Kier alpha value is -1.75. The molecule has 0 bridgehead atoms. The molecule has 2 amide bonds. The van der Waals surface area contributed by atoms with Gasteiger partial charge in [0.2, 0.25) is 0 Å². The molecule has 1 unspecified atom stereocenters. The van der Waals surface area contributed by atoms with E-state index in [4.69, 9.17) is 4.74 Å². The van der Waals surface area contributed by atoms with Crippen molar-refractivity contribution in [3.05, 3.63) is 29.8 Å². The number of nitrogens with one attached hydrogen (secondary N) is 1.